The molecule has 1 atom stereocenters. The van der Waals surface area contributed by atoms with E-state index in [1.807, 2.05) is 46.1 Å². The minimum atomic E-state index is -3.87. The van der Waals surface area contributed by atoms with E-state index in [9.17, 15) is 18.0 Å². The lowest BCUT2D eigenvalue weighted by atomic mass is 9.93. The molecule has 3 aromatic carbocycles. The number of sulfonamides is 1. The second kappa shape index (κ2) is 14.1. The van der Waals surface area contributed by atoms with Gasteiger partial charge in [0, 0.05) is 28.1 Å². The predicted octanol–water partition coefficient (Wildman–Crippen LogP) is -3.80. The summed E-state index contributed by atoms with van der Waals surface area (Å²) in [5.74, 6) is -0.742. The molecule has 6 N–H and O–H groups in total. The molecule has 12 heteroatoms. The Morgan fingerprint density at radius 2 is 1.48 bits per heavy atom. The molecule has 0 bridgehead atoms. The van der Waals surface area contributed by atoms with Crippen LogP contribution in [0, 0.1) is 11.3 Å². The van der Waals surface area contributed by atoms with Crippen LogP contribution in [0.25, 0.3) is 10.8 Å². The third-order valence-electron chi connectivity index (χ3n) is 6.40. The number of benzene rings is 3. The van der Waals surface area contributed by atoms with Gasteiger partial charge in [0.05, 0.1) is 24.4 Å². The number of hydrogen-bond acceptors (Lipinski definition) is 5. The highest BCUT2D eigenvalue weighted by atomic mass is 35.5. The van der Waals surface area contributed by atoms with E-state index >= 15 is 0 Å². The molecule has 0 aliphatic heterocycles. The van der Waals surface area contributed by atoms with Crippen LogP contribution < -0.4 is 45.5 Å². The summed E-state index contributed by atoms with van der Waals surface area (Å²) in [6, 6.07) is 16.7. The molecule has 40 heavy (non-hydrogen) atoms. The van der Waals surface area contributed by atoms with Crippen molar-refractivity contribution in [3.05, 3.63) is 60.7 Å². The van der Waals surface area contributed by atoms with E-state index in [0.717, 1.165) is 16.0 Å². The average Bonchev–Trinajstić information content (AvgIpc) is 2.86. The normalized spacial score (nSPS) is 12.3. The lowest BCUT2D eigenvalue weighted by Gasteiger charge is -2.24. The molecular weight excluding hydrogens is 575 g/mol. The highest BCUT2D eigenvalue weighted by Gasteiger charge is 2.32. The van der Waals surface area contributed by atoms with Crippen molar-refractivity contribution in [2.24, 2.45) is 11.3 Å². The summed E-state index contributed by atoms with van der Waals surface area (Å²) in [6.45, 7) is 7.03. The number of anilines is 2. The number of carbonyl (C=O) groups is 2. The quantitative estimate of drug-likeness (QED) is 0.174. The van der Waals surface area contributed by atoms with Gasteiger partial charge in [-0.05, 0) is 56.3 Å². The van der Waals surface area contributed by atoms with Crippen molar-refractivity contribution in [1.29, 1.82) is 0 Å². The van der Waals surface area contributed by atoms with Crippen molar-refractivity contribution in [2.45, 2.75) is 38.6 Å². The maximum Gasteiger partial charge on any atom is 0.365 e. The first-order valence-corrected chi connectivity index (χ1v) is 14.0. The molecule has 1 amide bonds. The molecule has 0 aromatic heterocycles. The van der Waals surface area contributed by atoms with Crippen LogP contribution in [-0.2, 0) is 24.3 Å². The topological polar surface area (TPSA) is 134 Å². The van der Waals surface area contributed by atoms with Crippen molar-refractivity contribution in [1.82, 2.24) is 0 Å². The van der Waals surface area contributed by atoms with E-state index in [-0.39, 0.29) is 48.1 Å². The first-order valence-electron chi connectivity index (χ1n) is 12.5. The number of ether oxygens (including phenoxy) is 1. The predicted molar refractivity (Wildman–Crippen MR) is 149 cm³/mol. The van der Waals surface area contributed by atoms with Crippen LogP contribution in [0.2, 0.25) is 0 Å². The number of hydrogen-bond donors (Lipinski definition) is 4. The van der Waals surface area contributed by atoms with Gasteiger partial charge >= 0.3 is 5.97 Å². The van der Waals surface area contributed by atoms with Gasteiger partial charge in [-0.25, -0.2) is 13.2 Å². The summed E-state index contributed by atoms with van der Waals surface area (Å²) in [4.78, 5) is 26.2. The van der Waals surface area contributed by atoms with E-state index < -0.39 is 27.4 Å². The average molecular weight is 614 g/mol. The monoisotopic (exact) mass is 612 g/mol. The fourth-order valence-corrected chi connectivity index (χ4v) is 5.06. The fourth-order valence-electron chi connectivity index (χ4n) is 3.78. The second-order valence-corrected chi connectivity index (χ2v) is 12.3. The highest BCUT2D eigenvalue weighted by molar-refractivity contribution is 7.93. The third-order valence-corrected chi connectivity index (χ3v) is 7.84. The van der Waals surface area contributed by atoms with Gasteiger partial charge in [-0.3, -0.25) is 9.52 Å². The number of nitrogens with one attached hydrogen (secondary N) is 3. The van der Waals surface area contributed by atoms with Crippen molar-refractivity contribution < 1.29 is 58.2 Å². The zero-order chi connectivity index (χ0) is 28.3. The maximum atomic E-state index is 13.3. The zero-order valence-corrected chi connectivity index (χ0v) is 25.9. The van der Waals surface area contributed by atoms with Crippen LogP contribution in [0.4, 0.5) is 17.1 Å². The molecule has 0 unspecified atom stereocenters. The molecule has 0 heterocycles. The number of carbonyl (C=O) groups excluding carboxylic acids is 2. The van der Waals surface area contributed by atoms with Crippen molar-refractivity contribution >= 4 is 49.7 Å². The van der Waals surface area contributed by atoms with Crippen molar-refractivity contribution in [2.75, 3.05) is 30.7 Å². The SMILES string of the molecule is CC(C)[C@@H]([NH3+])C(=O)OCC(C)(C)C(=O)Nc1ccc(NS(=O)(=O)c2cccc3c([NH+](C)C)cccc23)cc1.[Cl-].[Cl-]. The Labute approximate surface area is 248 Å². The smallest absolute Gasteiger partial charge is 0.365 e. The Morgan fingerprint density at radius 1 is 0.925 bits per heavy atom. The van der Waals surface area contributed by atoms with Gasteiger partial charge in [0.2, 0.25) is 5.91 Å². The van der Waals surface area contributed by atoms with Gasteiger partial charge in [-0.15, -0.1) is 0 Å². The van der Waals surface area contributed by atoms with Crippen molar-refractivity contribution in [3.8, 4) is 0 Å². The number of esters is 1. The molecule has 220 valence electrons. The van der Waals surface area contributed by atoms with Crippen LogP contribution in [0.15, 0.2) is 65.6 Å². The van der Waals surface area contributed by atoms with E-state index in [4.69, 9.17) is 4.74 Å². The molecule has 0 saturated carbocycles. The molecule has 0 radical (unpaired) electrons. The third kappa shape index (κ3) is 8.31. The van der Waals surface area contributed by atoms with E-state index in [1.54, 1.807) is 56.3 Å². The molecule has 0 aliphatic rings. The summed E-state index contributed by atoms with van der Waals surface area (Å²) in [5, 5.41) is 4.31. The Bertz CT molecular complexity index is 1430. The summed E-state index contributed by atoms with van der Waals surface area (Å²) in [7, 11) is 0.116. The van der Waals surface area contributed by atoms with Gasteiger partial charge in [0.1, 0.15) is 12.3 Å². The van der Waals surface area contributed by atoms with Gasteiger partial charge in [0.25, 0.3) is 10.0 Å². The lowest BCUT2D eigenvalue weighted by molar-refractivity contribution is -0.785. The van der Waals surface area contributed by atoms with Crippen LogP contribution in [-0.4, -0.2) is 47.0 Å². The van der Waals surface area contributed by atoms with Gasteiger partial charge in [-0.1, -0.05) is 32.0 Å². The van der Waals surface area contributed by atoms with Gasteiger partial charge in [-0.2, -0.15) is 0 Å². The Morgan fingerprint density at radius 3 is 2.05 bits per heavy atom. The molecule has 9 nitrogen and oxygen atoms in total. The van der Waals surface area contributed by atoms with Crippen molar-refractivity contribution in [3.63, 3.8) is 0 Å². The second-order valence-electron chi connectivity index (χ2n) is 10.6. The number of halogens is 2. The first kappa shape index (κ1) is 35.1. The zero-order valence-electron chi connectivity index (χ0n) is 23.5. The van der Waals surface area contributed by atoms with E-state index in [1.165, 1.54) is 0 Å². The van der Waals surface area contributed by atoms with E-state index in [2.05, 4.69) is 15.8 Å². The summed E-state index contributed by atoms with van der Waals surface area (Å²) in [5.41, 5.74) is 4.67. The van der Waals surface area contributed by atoms with E-state index in [0.29, 0.717) is 16.8 Å². The summed E-state index contributed by atoms with van der Waals surface area (Å²) >= 11 is 0. The number of quaternary nitrogens is 2. The fraction of sp³-hybridized carbons (Fsp3) is 0.357. The maximum absolute atomic E-state index is 13.3. The van der Waals surface area contributed by atoms with Gasteiger partial charge in [0.15, 0.2) is 6.04 Å². The van der Waals surface area contributed by atoms with Crippen LogP contribution in [0.1, 0.15) is 27.7 Å². The Hall–Kier alpha value is -2.89. The molecule has 0 aliphatic carbocycles. The minimum absolute atomic E-state index is 0. The standard InChI is InChI=1S/C28H36N4O5S.2ClH/c1-18(2)25(29)26(33)37-17-28(3,4)27(34)30-19-13-15-20(16-14-19)31-38(35,36)24-12-8-9-21-22(24)10-7-11-23(21)32(5)6;;/h7-16,18,25,31H,17,29H2,1-6H3,(H,30,34);2*1H/t25-;;/m1../s1. The molecule has 3 aromatic rings. The first-order chi connectivity index (χ1) is 17.7. The van der Waals surface area contributed by atoms with Crippen LogP contribution >= 0.6 is 0 Å². The molecule has 0 saturated heterocycles. The molecule has 0 fully saturated rings. The Balaban J connectivity index is 0.00000400. The molecule has 0 spiro atoms. The summed E-state index contributed by atoms with van der Waals surface area (Å²) in [6.07, 6.45) is 0. The van der Waals surface area contributed by atoms with Crippen LogP contribution in [0.5, 0.6) is 0 Å². The van der Waals surface area contributed by atoms with Crippen LogP contribution in [0.3, 0.4) is 0 Å². The van der Waals surface area contributed by atoms with Gasteiger partial charge < -0.3 is 45.5 Å². The largest absolute Gasteiger partial charge is 1.00 e. The number of fused-ring (bicyclic) bond motifs is 1. The number of amides is 1. The minimum Gasteiger partial charge on any atom is -1.00 e. The molecular formula is C28H38Cl2N4O5S. The Kier molecular flexibility index (Phi) is 12.4. The molecule has 3 rings (SSSR count). The number of rotatable bonds is 10. The summed E-state index contributed by atoms with van der Waals surface area (Å²) < 4.78 is 34.5. The lowest BCUT2D eigenvalue weighted by Crippen LogP contribution is -3.00. The highest BCUT2D eigenvalue weighted by Crippen LogP contribution is 2.29.